The maximum absolute atomic E-state index is 3.65. The van der Waals surface area contributed by atoms with Gasteiger partial charge in [0.05, 0.1) is 0 Å². The topological polar surface area (TPSA) is 12.0 Å². The molecule has 1 aliphatic carbocycles. The Balaban J connectivity index is 1.66. The number of hydrogen-bond donors (Lipinski definition) is 1. The van der Waals surface area contributed by atoms with E-state index in [9.17, 15) is 0 Å². The van der Waals surface area contributed by atoms with Crippen molar-refractivity contribution >= 4 is 0 Å². The maximum Gasteiger partial charge on any atom is 0.0297 e. The molecule has 0 fully saturated rings. The lowest BCUT2D eigenvalue weighted by molar-refractivity contribution is 0.572. The molecule has 0 aromatic heterocycles. The lowest BCUT2D eigenvalue weighted by Gasteiger charge is -2.17. The lowest BCUT2D eigenvalue weighted by Crippen LogP contribution is -2.19. The van der Waals surface area contributed by atoms with E-state index >= 15 is 0 Å². The Morgan fingerprint density at radius 2 is 1.85 bits per heavy atom. The normalized spacial score (nSPS) is 15.1. The van der Waals surface area contributed by atoms with Crippen molar-refractivity contribution < 1.29 is 0 Å². The van der Waals surface area contributed by atoms with Crippen LogP contribution in [0.25, 0.3) is 0 Å². The minimum Gasteiger partial charge on any atom is -0.306 e. The molecule has 104 valence electrons. The van der Waals surface area contributed by atoms with Crippen molar-refractivity contribution in [1.29, 1.82) is 0 Å². The van der Waals surface area contributed by atoms with Gasteiger partial charge in [0.1, 0.15) is 0 Å². The molecule has 0 bridgehead atoms. The Kier molecular flexibility index (Phi) is 3.88. The van der Waals surface area contributed by atoms with E-state index in [1.807, 2.05) is 0 Å². The molecule has 1 nitrogen and oxygen atoms in total. The standard InChI is InChI=1S/C19H23N/c1-14-6-3-4-9-19(14)15(2)20-13-16-10-11-17-7-5-8-18(17)12-16/h3-4,6,9-12,15,20H,5,7-8,13H2,1-2H3/t15-/m1/s1. The predicted octanol–water partition coefficient (Wildman–Crippen LogP) is 4.33. The van der Waals surface area contributed by atoms with Crippen molar-refractivity contribution in [3.05, 3.63) is 70.3 Å². The van der Waals surface area contributed by atoms with Crippen LogP contribution in [-0.2, 0) is 19.4 Å². The van der Waals surface area contributed by atoms with E-state index in [2.05, 4.69) is 61.6 Å². The summed E-state index contributed by atoms with van der Waals surface area (Å²) < 4.78 is 0. The van der Waals surface area contributed by atoms with Crippen molar-refractivity contribution in [3.8, 4) is 0 Å². The van der Waals surface area contributed by atoms with Gasteiger partial charge < -0.3 is 5.32 Å². The van der Waals surface area contributed by atoms with Crippen LogP contribution in [0.2, 0.25) is 0 Å². The SMILES string of the molecule is Cc1ccccc1[C@@H](C)NCc1ccc2c(c1)CCC2. The van der Waals surface area contributed by atoms with Crippen LogP contribution in [-0.4, -0.2) is 0 Å². The fourth-order valence-corrected chi connectivity index (χ4v) is 3.19. The van der Waals surface area contributed by atoms with E-state index in [1.54, 1.807) is 11.1 Å². The smallest absolute Gasteiger partial charge is 0.0297 e. The highest BCUT2D eigenvalue weighted by atomic mass is 14.9. The summed E-state index contributed by atoms with van der Waals surface area (Å²) in [7, 11) is 0. The zero-order valence-corrected chi connectivity index (χ0v) is 12.4. The molecule has 0 unspecified atom stereocenters. The van der Waals surface area contributed by atoms with Crippen molar-refractivity contribution in [2.75, 3.05) is 0 Å². The third-order valence-electron chi connectivity index (χ3n) is 4.43. The number of benzene rings is 2. The molecular weight excluding hydrogens is 242 g/mol. The van der Waals surface area contributed by atoms with Gasteiger partial charge in [-0.15, -0.1) is 0 Å². The molecule has 1 heteroatoms. The predicted molar refractivity (Wildman–Crippen MR) is 84.9 cm³/mol. The molecule has 0 amide bonds. The van der Waals surface area contributed by atoms with Crippen LogP contribution in [0.4, 0.5) is 0 Å². The van der Waals surface area contributed by atoms with E-state index in [0.29, 0.717) is 6.04 Å². The van der Waals surface area contributed by atoms with Gasteiger partial charge in [0, 0.05) is 12.6 Å². The van der Waals surface area contributed by atoms with Gasteiger partial charge in [0.25, 0.3) is 0 Å². The Hall–Kier alpha value is -1.60. The fraction of sp³-hybridized carbons (Fsp3) is 0.368. The first-order chi connectivity index (χ1) is 9.74. The van der Waals surface area contributed by atoms with Crippen LogP contribution in [0.3, 0.4) is 0 Å². The first-order valence-electron chi connectivity index (χ1n) is 7.63. The molecule has 0 heterocycles. The molecule has 0 saturated heterocycles. The monoisotopic (exact) mass is 265 g/mol. The van der Waals surface area contributed by atoms with Gasteiger partial charge in [-0.3, -0.25) is 0 Å². The summed E-state index contributed by atoms with van der Waals surface area (Å²) in [6, 6.07) is 16.0. The molecule has 20 heavy (non-hydrogen) atoms. The Bertz CT molecular complexity index is 600. The van der Waals surface area contributed by atoms with Gasteiger partial charge in [-0.25, -0.2) is 0 Å². The zero-order valence-electron chi connectivity index (χ0n) is 12.4. The second kappa shape index (κ2) is 5.80. The quantitative estimate of drug-likeness (QED) is 0.867. The number of nitrogens with one attached hydrogen (secondary N) is 1. The Morgan fingerprint density at radius 1 is 1.05 bits per heavy atom. The number of rotatable bonds is 4. The average molecular weight is 265 g/mol. The largest absolute Gasteiger partial charge is 0.306 e. The first-order valence-corrected chi connectivity index (χ1v) is 7.63. The van der Waals surface area contributed by atoms with E-state index in [1.165, 1.54) is 36.0 Å². The van der Waals surface area contributed by atoms with E-state index in [4.69, 9.17) is 0 Å². The van der Waals surface area contributed by atoms with Gasteiger partial charge in [-0.2, -0.15) is 0 Å². The molecular formula is C19H23N. The highest BCUT2D eigenvalue weighted by Crippen LogP contribution is 2.23. The first kappa shape index (κ1) is 13.4. The molecule has 2 aromatic rings. The van der Waals surface area contributed by atoms with Crippen LogP contribution >= 0.6 is 0 Å². The summed E-state index contributed by atoms with van der Waals surface area (Å²) in [5.41, 5.74) is 7.29. The average Bonchev–Trinajstić information content (AvgIpc) is 2.92. The molecule has 2 aromatic carbocycles. The number of hydrogen-bond acceptors (Lipinski definition) is 1. The summed E-state index contributed by atoms with van der Waals surface area (Å²) in [6.07, 6.45) is 3.85. The van der Waals surface area contributed by atoms with Crippen molar-refractivity contribution in [2.24, 2.45) is 0 Å². The summed E-state index contributed by atoms with van der Waals surface area (Å²) in [4.78, 5) is 0. The molecule has 0 radical (unpaired) electrons. The number of aryl methyl sites for hydroxylation is 3. The van der Waals surface area contributed by atoms with Gasteiger partial charge in [-0.05, 0) is 60.9 Å². The van der Waals surface area contributed by atoms with Crippen LogP contribution < -0.4 is 5.32 Å². The molecule has 3 rings (SSSR count). The van der Waals surface area contributed by atoms with Crippen molar-refractivity contribution in [2.45, 2.75) is 45.7 Å². The van der Waals surface area contributed by atoms with Crippen LogP contribution in [0.5, 0.6) is 0 Å². The third-order valence-corrected chi connectivity index (χ3v) is 4.43. The van der Waals surface area contributed by atoms with Crippen LogP contribution in [0, 0.1) is 6.92 Å². The van der Waals surface area contributed by atoms with Crippen LogP contribution in [0.15, 0.2) is 42.5 Å². The Labute approximate surface area is 122 Å². The molecule has 0 saturated carbocycles. The lowest BCUT2D eigenvalue weighted by atomic mass is 10.0. The van der Waals surface area contributed by atoms with Crippen molar-refractivity contribution in [3.63, 3.8) is 0 Å². The minimum atomic E-state index is 0.393. The fourth-order valence-electron chi connectivity index (χ4n) is 3.19. The minimum absolute atomic E-state index is 0.393. The van der Waals surface area contributed by atoms with E-state index < -0.39 is 0 Å². The van der Waals surface area contributed by atoms with Gasteiger partial charge in [-0.1, -0.05) is 42.5 Å². The summed E-state index contributed by atoms with van der Waals surface area (Å²) in [5.74, 6) is 0. The van der Waals surface area contributed by atoms with E-state index in [-0.39, 0.29) is 0 Å². The van der Waals surface area contributed by atoms with E-state index in [0.717, 1.165) is 6.54 Å². The highest BCUT2D eigenvalue weighted by Gasteiger charge is 2.11. The second-order valence-corrected chi connectivity index (χ2v) is 5.92. The number of fused-ring (bicyclic) bond motifs is 1. The van der Waals surface area contributed by atoms with Gasteiger partial charge in [0.15, 0.2) is 0 Å². The summed E-state index contributed by atoms with van der Waals surface area (Å²) in [6.45, 7) is 5.38. The Morgan fingerprint density at radius 3 is 2.70 bits per heavy atom. The third kappa shape index (κ3) is 2.78. The maximum atomic E-state index is 3.65. The zero-order chi connectivity index (χ0) is 13.9. The van der Waals surface area contributed by atoms with Gasteiger partial charge >= 0.3 is 0 Å². The summed E-state index contributed by atoms with van der Waals surface area (Å²) >= 11 is 0. The molecule has 0 aliphatic heterocycles. The van der Waals surface area contributed by atoms with Crippen LogP contribution in [0.1, 0.15) is 47.2 Å². The van der Waals surface area contributed by atoms with Gasteiger partial charge in [0.2, 0.25) is 0 Å². The second-order valence-electron chi connectivity index (χ2n) is 5.92. The highest BCUT2D eigenvalue weighted by molar-refractivity contribution is 5.35. The molecule has 1 aliphatic rings. The molecule has 1 N–H and O–H groups in total. The summed E-state index contributed by atoms with van der Waals surface area (Å²) in [5, 5.41) is 3.65. The molecule has 0 spiro atoms. The molecule has 1 atom stereocenters. The van der Waals surface area contributed by atoms with Crippen molar-refractivity contribution in [1.82, 2.24) is 5.32 Å².